The van der Waals surface area contributed by atoms with Crippen molar-refractivity contribution in [2.24, 2.45) is 0 Å². The standard InChI is InChI=1S/C3H6NO2.K/c1-4-2-3(5)6;/h2H2,1H3,(H,5,6);/q-1;+1/i1D;. The van der Waals surface area contributed by atoms with Crippen molar-refractivity contribution < 1.29 is 62.7 Å². The van der Waals surface area contributed by atoms with Crippen LogP contribution in [0.2, 0.25) is 0 Å². The van der Waals surface area contributed by atoms with E-state index >= 15 is 0 Å². The predicted octanol–water partition coefficient (Wildman–Crippen LogP) is -2.92. The van der Waals surface area contributed by atoms with Crippen molar-refractivity contribution in [3.63, 3.8) is 0 Å². The van der Waals surface area contributed by atoms with Crippen LogP contribution in [0.1, 0.15) is 1.37 Å². The summed E-state index contributed by atoms with van der Waals surface area (Å²) in [6.07, 6.45) is 0. The first-order valence-electron chi connectivity index (χ1n) is 2.12. The molecule has 0 aromatic carbocycles. The molecule has 36 valence electrons. The Morgan fingerprint density at radius 2 is 2.71 bits per heavy atom. The molecule has 0 saturated carbocycles. The first-order chi connectivity index (χ1) is 3.27. The van der Waals surface area contributed by atoms with E-state index < -0.39 is 5.97 Å². The van der Waals surface area contributed by atoms with E-state index in [0.717, 1.165) is 0 Å². The van der Waals surface area contributed by atoms with Crippen molar-refractivity contribution in [1.29, 1.82) is 0 Å². The molecule has 4 heteroatoms. The third kappa shape index (κ3) is 11.0. The van der Waals surface area contributed by atoms with Crippen LogP contribution in [0.25, 0.3) is 5.32 Å². The molecule has 0 aromatic rings. The molecule has 0 heterocycles. The number of carbonyl (C=O) groups is 1. The van der Waals surface area contributed by atoms with Gasteiger partial charge >= 0.3 is 51.4 Å². The average molecular weight is 128 g/mol. The van der Waals surface area contributed by atoms with Crippen LogP contribution in [0.4, 0.5) is 0 Å². The molecule has 0 bridgehead atoms. The fourth-order valence-electron chi connectivity index (χ4n) is 0.0956. The molecule has 0 unspecified atom stereocenters. The van der Waals surface area contributed by atoms with Gasteiger partial charge in [0.15, 0.2) is 0 Å². The van der Waals surface area contributed by atoms with Crippen LogP contribution in [0, 0.1) is 0 Å². The first kappa shape index (κ1) is 8.07. The molecule has 7 heavy (non-hydrogen) atoms. The summed E-state index contributed by atoms with van der Waals surface area (Å²) in [4.78, 5) is 9.58. The molecule has 0 spiro atoms. The largest absolute Gasteiger partial charge is 1.00 e. The molecule has 0 aliphatic rings. The number of carboxylic acids is 1. The predicted molar refractivity (Wildman–Crippen MR) is 21.8 cm³/mol. The Morgan fingerprint density at radius 1 is 2.14 bits per heavy atom. The smallest absolute Gasteiger partial charge is 0.656 e. The number of carboxylic acid groups (broad SMARTS) is 1. The Morgan fingerprint density at radius 3 is 2.86 bits per heavy atom. The number of nitrogens with zero attached hydrogens (tertiary/aromatic N) is 1. The van der Waals surface area contributed by atoms with Crippen molar-refractivity contribution >= 4 is 5.97 Å². The van der Waals surface area contributed by atoms with E-state index in [2.05, 4.69) is 5.32 Å². The zero-order valence-corrected chi connectivity index (χ0v) is 7.34. The van der Waals surface area contributed by atoms with E-state index in [4.69, 9.17) is 6.48 Å². The van der Waals surface area contributed by atoms with Gasteiger partial charge in [-0.2, -0.15) is 7.02 Å². The van der Waals surface area contributed by atoms with Gasteiger partial charge in [0.25, 0.3) is 5.97 Å². The van der Waals surface area contributed by atoms with E-state index in [0.29, 0.717) is 0 Å². The Balaban J connectivity index is 0. The zero-order chi connectivity index (χ0) is 5.70. The van der Waals surface area contributed by atoms with Gasteiger partial charge in [0, 0.05) is 0 Å². The first-order valence-corrected chi connectivity index (χ1v) is 1.41. The Bertz CT molecular complexity index is 70.3. The topological polar surface area (TPSA) is 51.4 Å². The molecular weight excluding hydrogens is 121 g/mol. The third-order valence-corrected chi connectivity index (χ3v) is 0.247. The summed E-state index contributed by atoms with van der Waals surface area (Å²) < 4.78 is 6.37. The molecule has 1 N–H and O–H groups in total. The Kier molecular flexibility index (Phi) is 8.14. The van der Waals surface area contributed by atoms with Crippen LogP contribution in [0.3, 0.4) is 0 Å². The maximum Gasteiger partial charge on any atom is 1.00 e. The molecule has 0 aliphatic carbocycles. The fourth-order valence-corrected chi connectivity index (χ4v) is 0.0956. The van der Waals surface area contributed by atoms with E-state index in [1.54, 1.807) is 0 Å². The van der Waals surface area contributed by atoms with Gasteiger partial charge in [-0.15, -0.1) is 0 Å². The van der Waals surface area contributed by atoms with Gasteiger partial charge in [0.2, 0.25) is 0 Å². The summed E-state index contributed by atoms with van der Waals surface area (Å²) >= 11 is 0. The van der Waals surface area contributed by atoms with Crippen LogP contribution in [-0.4, -0.2) is 24.6 Å². The summed E-state index contributed by atoms with van der Waals surface area (Å²) in [5.74, 6) is -0.979. The van der Waals surface area contributed by atoms with E-state index in [-0.39, 0.29) is 65.0 Å². The Hall–Kier alpha value is 1.07. The van der Waals surface area contributed by atoms with Crippen LogP contribution in [0.15, 0.2) is 0 Å². The van der Waals surface area contributed by atoms with Crippen molar-refractivity contribution in [1.82, 2.24) is 0 Å². The molecule has 0 aliphatic heterocycles. The van der Waals surface area contributed by atoms with Crippen LogP contribution in [0.5, 0.6) is 0 Å². The second-order valence-electron chi connectivity index (χ2n) is 0.775. The SMILES string of the molecule is [2H]C[N-]CC(=O)O.[K+]. The summed E-state index contributed by atoms with van der Waals surface area (Å²) in [6, 6.07) is 0. The molecule has 0 atom stereocenters. The van der Waals surface area contributed by atoms with Gasteiger partial charge in [-0.3, -0.25) is 4.79 Å². The summed E-state index contributed by atoms with van der Waals surface area (Å²) in [5, 5.41) is 11.1. The summed E-state index contributed by atoms with van der Waals surface area (Å²) in [7, 11) is -0.160. The second-order valence-corrected chi connectivity index (χ2v) is 0.775. The van der Waals surface area contributed by atoms with Crippen molar-refractivity contribution in [2.45, 2.75) is 0 Å². The van der Waals surface area contributed by atoms with E-state index in [1.165, 1.54) is 0 Å². The fraction of sp³-hybridized carbons (Fsp3) is 0.667. The van der Waals surface area contributed by atoms with Gasteiger partial charge in [0.1, 0.15) is 0 Å². The van der Waals surface area contributed by atoms with Crippen molar-refractivity contribution in [3.8, 4) is 0 Å². The molecule has 0 radical (unpaired) electrons. The molecule has 0 fully saturated rings. The number of aliphatic carboxylic acids is 1. The summed E-state index contributed by atoms with van der Waals surface area (Å²) in [6.45, 7) is -0.247. The maximum absolute atomic E-state index is 9.58. The molecule has 0 rings (SSSR count). The summed E-state index contributed by atoms with van der Waals surface area (Å²) in [5.41, 5.74) is 0. The van der Waals surface area contributed by atoms with Gasteiger partial charge < -0.3 is 10.4 Å². The van der Waals surface area contributed by atoms with Crippen LogP contribution < -0.4 is 51.4 Å². The molecule has 3 nitrogen and oxygen atoms in total. The second kappa shape index (κ2) is 7.07. The van der Waals surface area contributed by atoms with E-state index in [9.17, 15) is 4.79 Å². The van der Waals surface area contributed by atoms with Gasteiger partial charge in [-0.25, -0.2) is 0 Å². The minimum absolute atomic E-state index is 0. The Labute approximate surface area is 86.3 Å². The third-order valence-electron chi connectivity index (χ3n) is 0.247. The van der Waals surface area contributed by atoms with E-state index in [1.807, 2.05) is 0 Å². The molecule has 0 amide bonds. The van der Waals surface area contributed by atoms with Gasteiger partial charge in [-0.1, -0.05) is 0 Å². The normalized spacial score (nSPS) is 8.86. The quantitative estimate of drug-likeness (QED) is 0.405. The number of hydrogen-bond acceptors (Lipinski definition) is 1. The van der Waals surface area contributed by atoms with Crippen molar-refractivity contribution in [2.75, 3.05) is 13.6 Å². The minimum Gasteiger partial charge on any atom is -0.656 e. The number of hydrogen-bond donors (Lipinski definition) is 1. The van der Waals surface area contributed by atoms with Crippen molar-refractivity contribution in [3.05, 3.63) is 5.32 Å². The molecular formula is C3H6KNO2. The number of likely N-dealkylation sites (N-methyl/N-ethyl adjacent to an activating group) is 1. The molecule has 0 saturated heterocycles. The van der Waals surface area contributed by atoms with Gasteiger partial charge in [0.05, 0.1) is 0 Å². The van der Waals surface area contributed by atoms with Gasteiger partial charge in [-0.05, 0) is 7.92 Å². The minimum atomic E-state index is -0.979. The zero-order valence-electron chi connectivity index (χ0n) is 5.22. The van der Waals surface area contributed by atoms with Crippen LogP contribution in [-0.2, 0) is 4.79 Å². The van der Waals surface area contributed by atoms with Crippen LogP contribution >= 0.6 is 0 Å². The monoisotopic (exact) mass is 128 g/mol. The molecule has 0 aromatic heterocycles. The number of rotatable bonds is 2. The maximum atomic E-state index is 9.58. The average Bonchev–Trinajstić information content (AvgIpc) is 1.61.